The standard InChI is InChI=1S/C11H18/c1-5-6-8-10(4)9(3)7(2)11(8,9)10/h7-8H,5-6H2,1-4H3. The van der Waals surface area contributed by atoms with Crippen LogP contribution in [0.1, 0.15) is 40.5 Å². The van der Waals surface area contributed by atoms with Crippen molar-refractivity contribution in [2.24, 2.45) is 28.1 Å². The van der Waals surface area contributed by atoms with E-state index in [0.717, 1.165) is 28.1 Å². The molecule has 0 bridgehead atoms. The summed E-state index contributed by atoms with van der Waals surface area (Å²) >= 11 is 0. The number of fused-ring (bicyclic) bond motifs is 1. The molecule has 5 atom stereocenters. The molecule has 0 radical (unpaired) electrons. The summed E-state index contributed by atoms with van der Waals surface area (Å²) in [5.74, 6) is 2.19. The molecule has 3 rings (SSSR count). The molecule has 0 nitrogen and oxygen atoms in total. The monoisotopic (exact) mass is 150 g/mol. The second-order valence-corrected chi connectivity index (χ2v) is 5.34. The summed E-state index contributed by atoms with van der Waals surface area (Å²) in [7, 11) is 0. The molecule has 1 spiro atoms. The Kier molecular flexibility index (Phi) is 0.709. The predicted octanol–water partition coefficient (Wildman–Crippen LogP) is 3.08. The molecule has 11 heavy (non-hydrogen) atoms. The minimum absolute atomic E-state index is 0.819. The van der Waals surface area contributed by atoms with Gasteiger partial charge in [0.1, 0.15) is 0 Å². The molecule has 0 aromatic rings. The average molecular weight is 150 g/mol. The maximum atomic E-state index is 2.52. The van der Waals surface area contributed by atoms with Gasteiger partial charge in [0.05, 0.1) is 0 Å². The second kappa shape index (κ2) is 1.20. The zero-order chi connectivity index (χ0) is 8.07. The highest BCUT2D eigenvalue weighted by Crippen LogP contribution is 3.18. The molecule has 0 N–H and O–H groups in total. The van der Waals surface area contributed by atoms with Crippen LogP contribution < -0.4 is 0 Å². The van der Waals surface area contributed by atoms with Crippen LogP contribution in [-0.2, 0) is 0 Å². The molecular weight excluding hydrogens is 132 g/mol. The molecule has 3 saturated carbocycles. The minimum Gasteiger partial charge on any atom is -0.0654 e. The molecular formula is C11H18. The van der Waals surface area contributed by atoms with Crippen LogP contribution in [0.3, 0.4) is 0 Å². The average Bonchev–Trinajstić information content (AvgIpc) is 2.80. The molecule has 3 fully saturated rings. The van der Waals surface area contributed by atoms with E-state index in [0.29, 0.717) is 0 Å². The van der Waals surface area contributed by atoms with Crippen LogP contribution in [0.4, 0.5) is 0 Å². The highest BCUT2D eigenvalue weighted by molar-refractivity contribution is 5.60. The van der Waals surface area contributed by atoms with Crippen molar-refractivity contribution in [3.63, 3.8) is 0 Å². The van der Waals surface area contributed by atoms with E-state index in [1.807, 2.05) is 0 Å². The Labute approximate surface area is 69.4 Å². The van der Waals surface area contributed by atoms with E-state index in [1.165, 1.54) is 12.8 Å². The van der Waals surface area contributed by atoms with Gasteiger partial charge in [-0.3, -0.25) is 0 Å². The summed E-state index contributed by atoms with van der Waals surface area (Å²) in [6.07, 6.45) is 2.89. The van der Waals surface area contributed by atoms with Crippen LogP contribution >= 0.6 is 0 Å². The van der Waals surface area contributed by atoms with Gasteiger partial charge < -0.3 is 0 Å². The Morgan fingerprint density at radius 3 is 2.09 bits per heavy atom. The van der Waals surface area contributed by atoms with Crippen LogP contribution in [0, 0.1) is 28.1 Å². The molecule has 0 saturated heterocycles. The highest BCUT2D eigenvalue weighted by atomic mass is 15.2. The van der Waals surface area contributed by atoms with E-state index in [-0.39, 0.29) is 0 Å². The Hall–Kier alpha value is 0. The topological polar surface area (TPSA) is 0 Å². The fourth-order valence-corrected chi connectivity index (χ4v) is 5.23. The summed E-state index contributed by atoms with van der Waals surface area (Å²) in [6, 6.07) is 0. The van der Waals surface area contributed by atoms with Gasteiger partial charge in [-0.05, 0) is 34.5 Å². The van der Waals surface area contributed by atoms with Gasteiger partial charge in [-0.1, -0.05) is 34.1 Å². The molecule has 62 valence electrons. The van der Waals surface area contributed by atoms with Crippen LogP contribution in [-0.4, -0.2) is 0 Å². The summed E-state index contributed by atoms with van der Waals surface area (Å²) in [6.45, 7) is 9.80. The predicted molar refractivity (Wildman–Crippen MR) is 46.2 cm³/mol. The smallest absolute Gasteiger partial charge is 0.0108 e. The van der Waals surface area contributed by atoms with E-state index in [9.17, 15) is 0 Å². The first kappa shape index (κ1) is 6.51. The second-order valence-electron chi connectivity index (χ2n) is 5.34. The van der Waals surface area contributed by atoms with Gasteiger partial charge in [0.15, 0.2) is 0 Å². The van der Waals surface area contributed by atoms with E-state index < -0.39 is 0 Å². The van der Waals surface area contributed by atoms with Crippen LogP contribution in [0.5, 0.6) is 0 Å². The van der Waals surface area contributed by atoms with Gasteiger partial charge in [0.2, 0.25) is 0 Å². The molecule has 0 aromatic carbocycles. The number of hydrogen-bond donors (Lipinski definition) is 0. The third kappa shape index (κ3) is 0.278. The summed E-state index contributed by atoms with van der Waals surface area (Å²) < 4.78 is 0. The molecule has 3 aliphatic rings. The SMILES string of the molecule is CCCC1C2(C)C3(C)C(C)C132. The van der Waals surface area contributed by atoms with Crippen molar-refractivity contribution < 1.29 is 0 Å². The lowest BCUT2D eigenvalue weighted by atomic mass is 9.89. The van der Waals surface area contributed by atoms with E-state index >= 15 is 0 Å². The largest absolute Gasteiger partial charge is 0.0654 e. The maximum absolute atomic E-state index is 2.52. The van der Waals surface area contributed by atoms with E-state index in [4.69, 9.17) is 0 Å². The molecule has 0 amide bonds. The zero-order valence-corrected chi connectivity index (χ0v) is 8.07. The van der Waals surface area contributed by atoms with Crippen molar-refractivity contribution in [1.82, 2.24) is 0 Å². The van der Waals surface area contributed by atoms with E-state index in [2.05, 4.69) is 27.7 Å². The molecule has 5 unspecified atom stereocenters. The first-order valence-corrected chi connectivity index (χ1v) is 5.10. The van der Waals surface area contributed by atoms with Gasteiger partial charge in [-0.25, -0.2) is 0 Å². The summed E-state index contributed by atoms with van der Waals surface area (Å²) in [5.41, 5.74) is 2.53. The molecule has 3 aliphatic carbocycles. The van der Waals surface area contributed by atoms with Gasteiger partial charge in [-0.2, -0.15) is 0 Å². The minimum atomic E-state index is 0.819. The van der Waals surface area contributed by atoms with Crippen molar-refractivity contribution in [2.75, 3.05) is 0 Å². The number of hydrogen-bond acceptors (Lipinski definition) is 0. The Morgan fingerprint density at radius 1 is 1.18 bits per heavy atom. The van der Waals surface area contributed by atoms with Gasteiger partial charge in [0, 0.05) is 0 Å². The third-order valence-corrected chi connectivity index (χ3v) is 5.94. The van der Waals surface area contributed by atoms with Crippen molar-refractivity contribution in [3.8, 4) is 0 Å². The maximum Gasteiger partial charge on any atom is -0.0108 e. The van der Waals surface area contributed by atoms with Gasteiger partial charge >= 0.3 is 0 Å². The fraction of sp³-hybridized carbons (Fsp3) is 1.00. The molecule has 0 aromatic heterocycles. The van der Waals surface area contributed by atoms with Crippen molar-refractivity contribution in [1.29, 1.82) is 0 Å². The zero-order valence-electron chi connectivity index (χ0n) is 8.07. The lowest BCUT2D eigenvalue weighted by molar-refractivity contribution is 0.329. The first-order valence-electron chi connectivity index (χ1n) is 5.10. The van der Waals surface area contributed by atoms with Crippen molar-refractivity contribution in [3.05, 3.63) is 0 Å². The molecule has 0 heteroatoms. The van der Waals surface area contributed by atoms with Crippen molar-refractivity contribution in [2.45, 2.75) is 40.5 Å². The Bertz CT molecular complexity index is 244. The van der Waals surface area contributed by atoms with Gasteiger partial charge in [0.25, 0.3) is 0 Å². The van der Waals surface area contributed by atoms with E-state index in [1.54, 1.807) is 0 Å². The third-order valence-electron chi connectivity index (χ3n) is 5.94. The van der Waals surface area contributed by atoms with Crippen LogP contribution in [0.2, 0.25) is 0 Å². The molecule has 0 aliphatic heterocycles. The fourth-order valence-electron chi connectivity index (χ4n) is 5.23. The first-order chi connectivity index (χ1) is 5.10. The highest BCUT2D eigenvalue weighted by Gasteiger charge is 3.15. The van der Waals surface area contributed by atoms with Gasteiger partial charge in [-0.15, -0.1) is 0 Å². The normalized spacial score (nSPS) is 75.3. The lowest BCUT2D eigenvalue weighted by Gasteiger charge is -2.15. The Morgan fingerprint density at radius 2 is 1.82 bits per heavy atom. The van der Waals surface area contributed by atoms with Crippen molar-refractivity contribution >= 4 is 0 Å². The quantitative estimate of drug-likeness (QED) is 0.567. The Balaban J connectivity index is 1.83. The van der Waals surface area contributed by atoms with Crippen LogP contribution in [0.25, 0.3) is 0 Å². The lowest BCUT2D eigenvalue weighted by Crippen LogP contribution is -2.09. The summed E-state index contributed by atoms with van der Waals surface area (Å²) in [4.78, 5) is 0. The van der Waals surface area contributed by atoms with Crippen LogP contribution in [0.15, 0.2) is 0 Å². The molecule has 0 heterocycles. The summed E-state index contributed by atoms with van der Waals surface area (Å²) in [5, 5.41) is 0. The number of rotatable bonds is 2.